The number of amides is 1. The Morgan fingerprint density at radius 1 is 1.39 bits per heavy atom. The van der Waals surface area contributed by atoms with E-state index in [1.807, 2.05) is 11.0 Å². The highest BCUT2D eigenvalue weighted by Crippen LogP contribution is 2.35. The second-order valence-corrected chi connectivity index (χ2v) is 5.10. The summed E-state index contributed by atoms with van der Waals surface area (Å²) in [5.41, 5.74) is 0. The van der Waals surface area contributed by atoms with E-state index < -0.39 is 0 Å². The molecule has 1 N–H and O–H groups in total. The first-order valence-corrected chi connectivity index (χ1v) is 6.46. The molecular formula is C14H17NO3. The van der Waals surface area contributed by atoms with Crippen LogP contribution in [0.25, 0.3) is 6.08 Å². The molecule has 2 aliphatic rings. The molecule has 0 aliphatic carbocycles. The van der Waals surface area contributed by atoms with Crippen LogP contribution < -0.4 is 0 Å². The number of carbonyl (C=O) groups is 1. The summed E-state index contributed by atoms with van der Waals surface area (Å²) in [5, 5.41) is 9.70. The number of rotatable bonds is 2. The molecule has 1 amide bonds. The normalized spacial score (nSPS) is 31.2. The topological polar surface area (TPSA) is 53.7 Å². The maximum atomic E-state index is 12.2. The standard InChI is InChI=1S/C14H17NO3/c16-12-8-10-3-4-11(9-12)15(10)14(17)6-5-13-2-1-7-18-13/h1-2,5-7,10-12,16H,3-4,8-9H2. The molecule has 2 atom stereocenters. The minimum absolute atomic E-state index is 0.0331. The minimum atomic E-state index is -0.236. The maximum absolute atomic E-state index is 12.2. The van der Waals surface area contributed by atoms with Gasteiger partial charge in [0.1, 0.15) is 5.76 Å². The summed E-state index contributed by atoms with van der Waals surface area (Å²) in [6.07, 6.45) is 8.10. The molecule has 1 aromatic rings. The van der Waals surface area contributed by atoms with Crippen molar-refractivity contribution in [2.24, 2.45) is 0 Å². The molecule has 3 heterocycles. The van der Waals surface area contributed by atoms with Gasteiger partial charge in [-0.3, -0.25) is 4.79 Å². The monoisotopic (exact) mass is 247 g/mol. The van der Waals surface area contributed by atoms with E-state index >= 15 is 0 Å². The number of hydrogen-bond donors (Lipinski definition) is 1. The van der Waals surface area contributed by atoms with Gasteiger partial charge in [0.2, 0.25) is 5.91 Å². The van der Waals surface area contributed by atoms with E-state index in [4.69, 9.17) is 4.42 Å². The highest BCUT2D eigenvalue weighted by molar-refractivity contribution is 5.92. The first kappa shape index (κ1) is 11.5. The van der Waals surface area contributed by atoms with E-state index in [2.05, 4.69) is 0 Å². The molecule has 4 nitrogen and oxygen atoms in total. The summed E-state index contributed by atoms with van der Waals surface area (Å²) in [5.74, 6) is 0.721. The van der Waals surface area contributed by atoms with Crippen molar-refractivity contribution in [2.45, 2.75) is 43.9 Å². The molecular weight excluding hydrogens is 230 g/mol. The van der Waals surface area contributed by atoms with Crippen LogP contribution in [0.3, 0.4) is 0 Å². The molecule has 0 saturated carbocycles. The summed E-state index contributed by atoms with van der Waals surface area (Å²) in [4.78, 5) is 14.1. The van der Waals surface area contributed by atoms with E-state index in [9.17, 15) is 9.90 Å². The molecule has 0 radical (unpaired) electrons. The minimum Gasteiger partial charge on any atom is -0.465 e. The number of furan rings is 1. The molecule has 2 bridgehead atoms. The van der Waals surface area contributed by atoms with Crippen LogP contribution in [0.1, 0.15) is 31.4 Å². The Hall–Kier alpha value is -1.55. The zero-order chi connectivity index (χ0) is 12.5. The number of hydrogen-bond acceptors (Lipinski definition) is 3. The Labute approximate surface area is 106 Å². The molecule has 2 saturated heterocycles. The lowest BCUT2D eigenvalue weighted by molar-refractivity contribution is -0.131. The van der Waals surface area contributed by atoms with Crippen molar-refractivity contribution in [2.75, 3.05) is 0 Å². The zero-order valence-electron chi connectivity index (χ0n) is 10.2. The van der Waals surface area contributed by atoms with Gasteiger partial charge < -0.3 is 14.4 Å². The summed E-state index contributed by atoms with van der Waals surface area (Å²) >= 11 is 0. The Bertz CT molecular complexity index is 438. The summed E-state index contributed by atoms with van der Waals surface area (Å²) in [6.45, 7) is 0. The molecule has 1 aromatic heterocycles. The highest BCUT2D eigenvalue weighted by Gasteiger charge is 2.41. The van der Waals surface area contributed by atoms with E-state index in [1.54, 1.807) is 24.5 Å². The average Bonchev–Trinajstić information content (AvgIpc) is 2.94. The number of aliphatic hydroxyl groups excluding tert-OH is 1. The smallest absolute Gasteiger partial charge is 0.247 e. The third-order valence-electron chi connectivity index (χ3n) is 3.90. The van der Waals surface area contributed by atoms with Crippen molar-refractivity contribution < 1.29 is 14.3 Å². The fourth-order valence-corrected chi connectivity index (χ4v) is 3.13. The first-order valence-electron chi connectivity index (χ1n) is 6.46. The lowest BCUT2D eigenvalue weighted by Gasteiger charge is -2.36. The largest absolute Gasteiger partial charge is 0.465 e. The van der Waals surface area contributed by atoms with Gasteiger partial charge in [0, 0.05) is 18.2 Å². The molecule has 0 spiro atoms. The molecule has 2 unspecified atom stereocenters. The Morgan fingerprint density at radius 2 is 2.11 bits per heavy atom. The van der Waals surface area contributed by atoms with Crippen molar-refractivity contribution in [3.8, 4) is 0 Å². The van der Waals surface area contributed by atoms with Gasteiger partial charge in [0.05, 0.1) is 12.4 Å². The predicted octanol–water partition coefficient (Wildman–Crippen LogP) is 1.81. The van der Waals surface area contributed by atoms with Gasteiger partial charge >= 0.3 is 0 Å². The quantitative estimate of drug-likeness (QED) is 0.811. The van der Waals surface area contributed by atoms with Crippen LogP contribution in [0.5, 0.6) is 0 Å². The Morgan fingerprint density at radius 3 is 2.72 bits per heavy atom. The van der Waals surface area contributed by atoms with Crippen LogP contribution in [0, 0.1) is 0 Å². The van der Waals surface area contributed by atoms with E-state index in [-0.39, 0.29) is 24.1 Å². The van der Waals surface area contributed by atoms with Crippen LogP contribution in [0.4, 0.5) is 0 Å². The summed E-state index contributed by atoms with van der Waals surface area (Å²) in [7, 11) is 0. The second-order valence-electron chi connectivity index (χ2n) is 5.10. The zero-order valence-corrected chi connectivity index (χ0v) is 10.2. The van der Waals surface area contributed by atoms with E-state index in [0.717, 1.165) is 25.7 Å². The summed E-state index contributed by atoms with van der Waals surface area (Å²) < 4.78 is 5.16. The molecule has 3 rings (SSSR count). The number of fused-ring (bicyclic) bond motifs is 2. The fraction of sp³-hybridized carbons (Fsp3) is 0.500. The van der Waals surface area contributed by atoms with Crippen LogP contribution in [0.15, 0.2) is 28.9 Å². The molecule has 18 heavy (non-hydrogen) atoms. The van der Waals surface area contributed by atoms with Gasteiger partial charge in [-0.15, -0.1) is 0 Å². The molecule has 96 valence electrons. The van der Waals surface area contributed by atoms with E-state index in [1.165, 1.54) is 0 Å². The van der Waals surface area contributed by atoms with Crippen LogP contribution in [-0.4, -0.2) is 34.1 Å². The SMILES string of the molecule is O=C(C=Cc1ccco1)N1C2CCC1CC(O)C2. The van der Waals surface area contributed by atoms with Crippen molar-refractivity contribution >= 4 is 12.0 Å². The Kier molecular flexibility index (Phi) is 2.96. The molecule has 2 fully saturated rings. The van der Waals surface area contributed by atoms with Gasteiger partial charge in [0.25, 0.3) is 0 Å². The van der Waals surface area contributed by atoms with Crippen LogP contribution >= 0.6 is 0 Å². The van der Waals surface area contributed by atoms with Gasteiger partial charge in [-0.2, -0.15) is 0 Å². The van der Waals surface area contributed by atoms with E-state index in [0.29, 0.717) is 5.76 Å². The number of carbonyl (C=O) groups excluding carboxylic acids is 1. The lowest BCUT2D eigenvalue weighted by atomic mass is 10.00. The average molecular weight is 247 g/mol. The predicted molar refractivity (Wildman–Crippen MR) is 66.6 cm³/mol. The Balaban J connectivity index is 1.70. The van der Waals surface area contributed by atoms with Gasteiger partial charge in [-0.05, 0) is 43.9 Å². The maximum Gasteiger partial charge on any atom is 0.247 e. The van der Waals surface area contributed by atoms with Crippen molar-refractivity contribution in [1.82, 2.24) is 4.90 Å². The van der Waals surface area contributed by atoms with Crippen LogP contribution in [-0.2, 0) is 4.79 Å². The molecule has 2 aliphatic heterocycles. The van der Waals surface area contributed by atoms with Gasteiger partial charge in [-0.25, -0.2) is 0 Å². The highest BCUT2D eigenvalue weighted by atomic mass is 16.3. The number of aliphatic hydroxyl groups is 1. The van der Waals surface area contributed by atoms with Gasteiger partial charge in [-0.1, -0.05) is 0 Å². The third kappa shape index (κ3) is 2.08. The first-order chi connectivity index (χ1) is 8.74. The number of piperidine rings is 1. The van der Waals surface area contributed by atoms with Crippen molar-refractivity contribution in [1.29, 1.82) is 0 Å². The van der Waals surface area contributed by atoms with Gasteiger partial charge in [0.15, 0.2) is 0 Å². The molecule has 0 aromatic carbocycles. The summed E-state index contributed by atoms with van der Waals surface area (Å²) in [6, 6.07) is 4.05. The third-order valence-corrected chi connectivity index (χ3v) is 3.90. The van der Waals surface area contributed by atoms with Crippen molar-refractivity contribution in [3.63, 3.8) is 0 Å². The van der Waals surface area contributed by atoms with Crippen LogP contribution in [0.2, 0.25) is 0 Å². The lowest BCUT2D eigenvalue weighted by Crippen LogP contribution is -2.47. The molecule has 4 heteroatoms. The second kappa shape index (κ2) is 4.61. The van der Waals surface area contributed by atoms with Crippen molar-refractivity contribution in [3.05, 3.63) is 30.2 Å². The number of nitrogens with zero attached hydrogens (tertiary/aromatic N) is 1. The fourth-order valence-electron chi connectivity index (χ4n) is 3.13.